The molecule has 2 aromatic heterocycles. The third kappa shape index (κ3) is 6.80. The summed E-state index contributed by atoms with van der Waals surface area (Å²) in [6.07, 6.45) is -0.154. The average molecular weight is 925 g/mol. The first kappa shape index (κ1) is 43.3. The quantitative estimate of drug-likeness (QED) is 0.124. The van der Waals surface area contributed by atoms with Crippen molar-refractivity contribution >= 4 is 52.6 Å². The van der Waals surface area contributed by atoms with Crippen LogP contribution in [-0.4, -0.2) is 75.3 Å². The van der Waals surface area contributed by atoms with Gasteiger partial charge in [0.05, 0.1) is 85.8 Å². The predicted molar refractivity (Wildman–Crippen MR) is 265 cm³/mol. The number of carbonyl (C=O) groups is 2. The average Bonchev–Trinajstić information content (AvgIpc) is 4.05. The normalized spacial score (nSPS) is 21.2. The van der Waals surface area contributed by atoms with Crippen molar-refractivity contribution in [1.29, 1.82) is 0 Å². The van der Waals surface area contributed by atoms with Crippen LogP contribution in [0, 0.1) is 5.92 Å². The Morgan fingerprint density at radius 3 is 2.01 bits per heavy atom. The number of amides is 2. The largest absolute Gasteiger partial charge is 0.497 e. The molecule has 1 saturated heterocycles. The number of anilines is 1. The number of carbonyl (C=O) groups excluding carboxylic acids is 2. The van der Waals surface area contributed by atoms with Gasteiger partial charge in [0.2, 0.25) is 5.91 Å². The molecular formula is C54H52N6O7Si. The maximum absolute atomic E-state index is 15.9. The molecule has 1 spiro atoms. The number of aromatic nitrogens is 4. The van der Waals surface area contributed by atoms with Gasteiger partial charge in [-0.2, -0.15) is 0 Å². The van der Waals surface area contributed by atoms with Gasteiger partial charge in [0.15, 0.2) is 5.60 Å². The van der Waals surface area contributed by atoms with Crippen LogP contribution in [0.1, 0.15) is 35.6 Å². The molecule has 0 saturated carbocycles. The number of benzene rings is 6. The SMILES string of the molecule is COc1ccc([Si](C)(C)[C@H]2[C@H](CC(=O)N3Cc4ccccc4C[C@H]3CO)O[C@@]3(C(=O)N(Cc4ccc(-n5[nH]c6ccccc6c5=O)cc4)c4ccc(-n5[nH]c6ccccc6c5=O)cc43)[C@@H]2C)cc1. The molecule has 344 valence electrons. The summed E-state index contributed by atoms with van der Waals surface area (Å²) >= 11 is 0. The van der Waals surface area contributed by atoms with Crippen LogP contribution in [0.3, 0.4) is 0 Å². The van der Waals surface area contributed by atoms with Gasteiger partial charge in [-0.15, -0.1) is 0 Å². The zero-order chi connectivity index (χ0) is 47.1. The second kappa shape index (κ2) is 16.5. The highest BCUT2D eigenvalue weighted by Crippen LogP contribution is 2.60. The minimum atomic E-state index is -2.68. The fourth-order valence-electron chi connectivity index (χ4n) is 11.5. The smallest absolute Gasteiger partial charge is 0.279 e. The number of para-hydroxylation sites is 2. The van der Waals surface area contributed by atoms with E-state index in [9.17, 15) is 19.5 Å². The Balaban J connectivity index is 1.02. The van der Waals surface area contributed by atoms with Crippen molar-refractivity contribution in [1.82, 2.24) is 24.5 Å². The van der Waals surface area contributed by atoms with Gasteiger partial charge in [0.1, 0.15) is 5.75 Å². The summed E-state index contributed by atoms with van der Waals surface area (Å²) in [5.74, 6) is -0.111. The Kier molecular flexibility index (Phi) is 10.5. The van der Waals surface area contributed by atoms with Crippen LogP contribution >= 0.6 is 0 Å². The minimum absolute atomic E-state index is 0.000371. The Hall–Kier alpha value is -7.26. The Labute approximate surface area is 393 Å². The van der Waals surface area contributed by atoms with E-state index in [1.807, 2.05) is 109 Å². The summed E-state index contributed by atoms with van der Waals surface area (Å²) in [6, 6.07) is 43.7. The second-order valence-corrected chi connectivity index (χ2v) is 23.7. The highest BCUT2D eigenvalue weighted by Gasteiger charge is 2.66. The summed E-state index contributed by atoms with van der Waals surface area (Å²) in [5, 5.41) is 19.4. The summed E-state index contributed by atoms with van der Waals surface area (Å²) in [5.41, 5.74) is 4.70. The van der Waals surface area contributed by atoms with Crippen molar-refractivity contribution < 1.29 is 24.2 Å². The Morgan fingerprint density at radius 2 is 1.38 bits per heavy atom. The standard InChI is InChI=1S/C54H52N6O7Si/c1-33-50(68(3,4)41-24-22-40(66-2)23-25-41)48(29-49(62)57-31-36-12-6-5-11-35(36)27-39(57)32-61)67-54(33)44-28-38(60-52(64)43-14-8-10-16-46(43)56-60)21-26-47(44)58(53(54)65)30-34-17-19-37(20-18-34)59-51(63)42-13-7-9-15-45(42)55-59/h5-26,28,33,39,48,50,55-56,61H,27,29-32H2,1-4H3/t33-,39+,48+,50-,54+/m1/s1. The highest BCUT2D eigenvalue weighted by atomic mass is 28.3. The number of H-pyrrole nitrogens is 2. The zero-order valence-electron chi connectivity index (χ0n) is 38.3. The first-order valence-corrected chi connectivity index (χ1v) is 26.2. The van der Waals surface area contributed by atoms with Crippen molar-refractivity contribution in [2.75, 3.05) is 18.6 Å². The number of nitrogens with zero attached hydrogens (tertiary/aromatic N) is 4. The number of hydrogen-bond acceptors (Lipinski definition) is 7. The summed E-state index contributed by atoms with van der Waals surface area (Å²) in [7, 11) is -1.04. The van der Waals surface area contributed by atoms with Gasteiger partial charge in [-0.3, -0.25) is 29.4 Å². The van der Waals surface area contributed by atoms with Gasteiger partial charge in [-0.1, -0.05) is 98.0 Å². The zero-order valence-corrected chi connectivity index (χ0v) is 39.3. The number of rotatable bonds is 10. The summed E-state index contributed by atoms with van der Waals surface area (Å²) in [6.45, 7) is 7.02. The molecule has 8 aromatic rings. The lowest BCUT2D eigenvalue weighted by molar-refractivity contribution is -0.151. The molecule has 3 N–H and O–H groups in total. The van der Waals surface area contributed by atoms with Gasteiger partial charge in [-0.25, -0.2) is 9.36 Å². The van der Waals surface area contributed by atoms with Crippen LogP contribution in [0.4, 0.5) is 5.69 Å². The van der Waals surface area contributed by atoms with E-state index in [0.717, 1.165) is 33.1 Å². The molecule has 14 heteroatoms. The van der Waals surface area contributed by atoms with Crippen LogP contribution in [0.5, 0.6) is 5.75 Å². The topological polar surface area (TPSA) is 155 Å². The molecule has 3 aliphatic heterocycles. The van der Waals surface area contributed by atoms with E-state index in [4.69, 9.17) is 9.47 Å². The lowest BCUT2D eigenvalue weighted by Gasteiger charge is -2.39. The number of nitrogens with one attached hydrogen (secondary N) is 2. The predicted octanol–water partition coefficient (Wildman–Crippen LogP) is 7.06. The third-order valence-electron chi connectivity index (χ3n) is 15.1. The van der Waals surface area contributed by atoms with Crippen LogP contribution in [-0.2, 0) is 39.4 Å². The maximum atomic E-state index is 15.9. The van der Waals surface area contributed by atoms with Crippen LogP contribution in [0.15, 0.2) is 149 Å². The Bertz CT molecular complexity index is 3390. The molecule has 11 rings (SSSR count). The molecule has 68 heavy (non-hydrogen) atoms. The van der Waals surface area contributed by atoms with Gasteiger partial charge in [0.25, 0.3) is 17.0 Å². The lowest BCUT2D eigenvalue weighted by atomic mass is 9.82. The molecule has 1 fully saturated rings. The molecule has 0 aliphatic carbocycles. The molecule has 5 atom stereocenters. The number of aliphatic hydroxyl groups is 1. The highest BCUT2D eigenvalue weighted by molar-refractivity contribution is 6.91. The number of fused-ring (bicyclic) bond motifs is 5. The van der Waals surface area contributed by atoms with Crippen molar-refractivity contribution in [3.63, 3.8) is 0 Å². The van der Waals surface area contributed by atoms with Crippen molar-refractivity contribution in [3.05, 3.63) is 182 Å². The number of hydrogen-bond donors (Lipinski definition) is 3. The van der Waals surface area contributed by atoms with E-state index < -0.39 is 31.7 Å². The van der Waals surface area contributed by atoms with E-state index in [0.29, 0.717) is 51.9 Å². The molecule has 0 unspecified atom stereocenters. The molecule has 3 aliphatic rings. The third-order valence-corrected chi connectivity index (χ3v) is 19.4. The lowest BCUT2D eigenvalue weighted by Crippen LogP contribution is -2.52. The Morgan fingerprint density at radius 1 is 0.779 bits per heavy atom. The van der Waals surface area contributed by atoms with Crippen LogP contribution < -0.4 is 25.9 Å². The van der Waals surface area contributed by atoms with E-state index in [2.05, 4.69) is 48.4 Å². The number of ether oxygens (including phenoxy) is 2. The van der Waals surface area contributed by atoms with Gasteiger partial charge in [-0.05, 0) is 95.4 Å². The van der Waals surface area contributed by atoms with E-state index in [1.165, 1.54) is 9.36 Å². The first-order chi connectivity index (χ1) is 32.9. The van der Waals surface area contributed by atoms with Crippen LogP contribution in [0.25, 0.3) is 33.2 Å². The van der Waals surface area contributed by atoms with Crippen molar-refractivity contribution in [2.24, 2.45) is 5.92 Å². The molecule has 0 radical (unpaired) electrons. The number of aromatic amines is 2. The van der Waals surface area contributed by atoms with Crippen molar-refractivity contribution in [3.8, 4) is 17.1 Å². The monoisotopic (exact) mass is 924 g/mol. The first-order valence-electron chi connectivity index (χ1n) is 23.2. The molecule has 6 aromatic carbocycles. The minimum Gasteiger partial charge on any atom is -0.497 e. The van der Waals surface area contributed by atoms with E-state index in [-0.39, 0.29) is 48.0 Å². The molecule has 2 amide bonds. The summed E-state index contributed by atoms with van der Waals surface area (Å²) < 4.78 is 16.0. The van der Waals surface area contributed by atoms with E-state index >= 15 is 4.79 Å². The molecule has 5 heterocycles. The van der Waals surface area contributed by atoms with Crippen molar-refractivity contribution in [2.45, 2.75) is 69.2 Å². The molecular weight excluding hydrogens is 873 g/mol. The summed E-state index contributed by atoms with van der Waals surface area (Å²) in [4.78, 5) is 61.6. The maximum Gasteiger partial charge on any atom is 0.279 e. The number of methoxy groups -OCH3 is 1. The molecule has 13 nitrogen and oxygen atoms in total. The van der Waals surface area contributed by atoms with E-state index in [1.54, 1.807) is 29.0 Å². The van der Waals surface area contributed by atoms with Gasteiger partial charge in [0, 0.05) is 18.0 Å². The fourth-order valence-corrected chi connectivity index (χ4v) is 15.6. The van der Waals surface area contributed by atoms with Gasteiger partial charge >= 0.3 is 0 Å². The van der Waals surface area contributed by atoms with Crippen LogP contribution in [0.2, 0.25) is 18.6 Å². The second-order valence-electron chi connectivity index (χ2n) is 19.0. The number of aliphatic hydroxyl groups excluding tert-OH is 1. The molecule has 0 bridgehead atoms. The fraction of sp³-hybridized carbons (Fsp3) is 0.259. The van der Waals surface area contributed by atoms with Gasteiger partial charge < -0.3 is 24.4 Å².